The van der Waals surface area contributed by atoms with Crippen molar-refractivity contribution < 1.29 is 9.59 Å². The van der Waals surface area contributed by atoms with Crippen molar-refractivity contribution in [3.63, 3.8) is 0 Å². The first-order chi connectivity index (χ1) is 12.3. The minimum Gasteiger partial charge on any atom is -0.354 e. The summed E-state index contributed by atoms with van der Waals surface area (Å²) >= 11 is 7.83. The molecule has 2 heterocycles. The van der Waals surface area contributed by atoms with E-state index in [0.717, 1.165) is 23.4 Å². The third-order valence-corrected chi connectivity index (χ3v) is 5.33. The van der Waals surface area contributed by atoms with Gasteiger partial charge in [0.2, 0.25) is 11.8 Å². The topological polar surface area (TPSA) is 65.5 Å². The number of nitrogens with one attached hydrogen (secondary N) is 1. The molecule has 2 amide bonds. The van der Waals surface area contributed by atoms with Crippen molar-refractivity contribution in [3.05, 3.63) is 39.4 Å². The van der Waals surface area contributed by atoms with Crippen LogP contribution in [0.3, 0.4) is 0 Å². The molecule has 8 heteroatoms. The van der Waals surface area contributed by atoms with Crippen LogP contribution in [-0.2, 0) is 16.1 Å². The van der Waals surface area contributed by atoms with Crippen LogP contribution >= 0.6 is 22.9 Å². The largest absolute Gasteiger partial charge is 0.354 e. The molecular weight excluding hydrogens is 372 g/mol. The van der Waals surface area contributed by atoms with Crippen molar-refractivity contribution in [2.45, 2.75) is 27.3 Å². The molecule has 0 aliphatic carbocycles. The van der Waals surface area contributed by atoms with E-state index in [1.54, 1.807) is 4.90 Å². The van der Waals surface area contributed by atoms with E-state index in [2.05, 4.69) is 10.3 Å². The number of benzene rings is 1. The van der Waals surface area contributed by atoms with Gasteiger partial charge in [0, 0.05) is 31.9 Å². The lowest BCUT2D eigenvalue weighted by Gasteiger charge is -2.25. The number of carbonyl (C=O) groups is 2. The summed E-state index contributed by atoms with van der Waals surface area (Å²) in [4.78, 5) is 32.1. The third kappa shape index (κ3) is 4.06. The zero-order chi connectivity index (χ0) is 18.8. The lowest BCUT2D eigenvalue weighted by Crippen LogP contribution is -2.47. The number of nitrogens with zero attached hydrogens (tertiary/aromatic N) is 3. The molecule has 0 atom stereocenters. The molecule has 0 radical (unpaired) electrons. The predicted octanol–water partition coefficient (Wildman–Crippen LogP) is 3.03. The summed E-state index contributed by atoms with van der Waals surface area (Å²) in [7, 11) is 0. The average Bonchev–Trinajstić information content (AvgIpc) is 2.98. The number of piperazine rings is 1. The van der Waals surface area contributed by atoms with E-state index in [1.165, 1.54) is 18.3 Å². The summed E-state index contributed by atoms with van der Waals surface area (Å²) in [6.07, 6.45) is 0. The number of halogens is 1. The molecule has 138 valence electrons. The second kappa shape index (κ2) is 7.73. The quantitative estimate of drug-likeness (QED) is 0.868. The second-order valence-corrected chi connectivity index (χ2v) is 7.69. The fourth-order valence-corrected chi connectivity index (χ4v) is 4.38. The van der Waals surface area contributed by atoms with Crippen molar-refractivity contribution in [3.8, 4) is 0 Å². The van der Waals surface area contributed by atoms with Gasteiger partial charge in [0.1, 0.15) is 0 Å². The zero-order valence-electron chi connectivity index (χ0n) is 15.0. The van der Waals surface area contributed by atoms with Crippen molar-refractivity contribution in [2.24, 2.45) is 0 Å². The van der Waals surface area contributed by atoms with Crippen LogP contribution in [0.25, 0.3) is 0 Å². The summed E-state index contributed by atoms with van der Waals surface area (Å²) in [5.74, 6) is -0.115. The lowest BCUT2D eigenvalue weighted by molar-refractivity contribution is -0.124. The monoisotopic (exact) mass is 392 g/mol. The molecule has 1 aliphatic rings. The van der Waals surface area contributed by atoms with Crippen LogP contribution in [0.1, 0.15) is 23.7 Å². The number of hydrogen-bond donors (Lipinski definition) is 1. The molecule has 2 aromatic rings. The highest BCUT2D eigenvalue weighted by Crippen LogP contribution is 2.37. The molecule has 3 rings (SSSR count). The van der Waals surface area contributed by atoms with Crippen LogP contribution in [-0.4, -0.2) is 41.3 Å². The number of amides is 2. The molecule has 0 saturated carbocycles. The first-order valence-corrected chi connectivity index (χ1v) is 9.62. The highest BCUT2D eigenvalue weighted by molar-refractivity contribution is 7.14. The standard InChI is InChI=1S/C18H21ClN4O2S/c1-11-6-12(2)17(15(19)7-11)23(13(3)24)18-21-14(10-26-18)8-22-5-4-20-16(25)9-22/h6-7,10H,4-5,8-9H2,1-3H3,(H,20,25). The Morgan fingerprint density at radius 2 is 2.19 bits per heavy atom. The molecule has 1 aromatic heterocycles. The number of rotatable bonds is 4. The van der Waals surface area contributed by atoms with Crippen LogP contribution in [0.2, 0.25) is 5.02 Å². The van der Waals surface area contributed by atoms with Crippen molar-refractivity contribution in [2.75, 3.05) is 24.5 Å². The molecule has 1 N–H and O–H groups in total. The van der Waals surface area contributed by atoms with E-state index >= 15 is 0 Å². The van der Waals surface area contributed by atoms with E-state index in [9.17, 15) is 9.59 Å². The minimum absolute atomic E-state index is 0.0270. The van der Waals surface area contributed by atoms with Gasteiger partial charge in [0.15, 0.2) is 5.13 Å². The summed E-state index contributed by atoms with van der Waals surface area (Å²) in [5, 5.41) is 5.85. The van der Waals surface area contributed by atoms with Gasteiger partial charge >= 0.3 is 0 Å². The first-order valence-electron chi connectivity index (χ1n) is 8.36. The molecule has 1 saturated heterocycles. The Kier molecular flexibility index (Phi) is 5.60. The normalized spacial score (nSPS) is 15.0. The molecule has 0 bridgehead atoms. The lowest BCUT2D eigenvalue weighted by atomic mass is 10.1. The van der Waals surface area contributed by atoms with E-state index in [-0.39, 0.29) is 11.8 Å². The molecule has 1 aliphatic heterocycles. The van der Waals surface area contributed by atoms with Crippen molar-refractivity contribution in [1.29, 1.82) is 0 Å². The van der Waals surface area contributed by atoms with Gasteiger partial charge in [-0.25, -0.2) is 4.98 Å². The fraction of sp³-hybridized carbons (Fsp3) is 0.389. The molecule has 0 spiro atoms. The van der Waals surface area contributed by atoms with Gasteiger partial charge in [-0.3, -0.25) is 19.4 Å². The summed E-state index contributed by atoms with van der Waals surface area (Å²) in [5.41, 5.74) is 3.48. The zero-order valence-corrected chi connectivity index (χ0v) is 16.6. The third-order valence-electron chi connectivity index (χ3n) is 4.17. The van der Waals surface area contributed by atoms with Gasteiger partial charge in [-0.05, 0) is 31.0 Å². The number of aryl methyl sites for hydroxylation is 2. The van der Waals surface area contributed by atoms with Crippen LogP contribution in [0.4, 0.5) is 10.8 Å². The minimum atomic E-state index is -0.142. The average molecular weight is 393 g/mol. The summed E-state index contributed by atoms with van der Waals surface area (Å²) < 4.78 is 0. The first kappa shape index (κ1) is 18.8. The van der Waals surface area contributed by atoms with Gasteiger partial charge in [0.05, 0.1) is 22.9 Å². The van der Waals surface area contributed by atoms with Gasteiger partial charge in [-0.15, -0.1) is 11.3 Å². The van der Waals surface area contributed by atoms with Gasteiger partial charge in [-0.2, -0.15) is 0 Å². The van der Waals surface area contributed by atoms with Crippen LogP contribution in [0.5, 0.6) is 0 Å². The maximum Gasteiger partial charge on any atom is 0.234 e. The van der Waals surface area contributed by atoms with E-state index < -0.39 is 0 Å². The number of thiazole rings is 1. The second-order valence-electron chi connectivity index (χ2n) is 6.45. The fourth-order valence-electron chi connectivity index (χ4n) is 3.11. The van der Waals surface area contributed by atoms with E-state index in [0.29, 0.717) is 35.5 Å². The molecule has 0 unspecified atom stereocenters. The maximum absolute atomic E-state index is 12.3. The molecule has 6 nitrogen and oxygen atoms in total. The maximum atomic E-state index is 12.3. The molecule has 1 fully saturated rings. The predicted molar refractivity (Wildman–Crippen MR) is 104 cm³/mol. The summed E-state index contributed by atoms with van der Waals surface area (Å²) in [6.45, 7) is 7.79. The van der Waals surface area contributed by atoms with Gasteiger partial charge < -0.3 is 5.32 Å². The van der Waals surface area contributed by atoms with Crippen molar-refractivity contribution in [1.82, 2.24) is 15.2 Å². The Labute approximate surface area is 161 Å². The number of aromatic nitrogens is 1. The Hall–Kier alpha value is -1.96. The highest BCUT2D eigenvalue weighted by atomic mass is 35.5. The number of hydrogen-bond acceptors (Lipinski definition) is 5. The van der Waals surface area contributed by atoms with Gasteiger partial charge in [-0.1, -0.05) is 17.7 Å². The number of carbonyl (C=O) groups excluding carboxylic acids is 2. The Morgan fingerprint density at radius 3 is 2.85 bits per heavy atom. The van der Waals surface area contributed by atoms with Crippen LogP contribution < -0.4 is 10.2 Å². The SMILES string of the molecule is CC(=O)N(c1nc(CN2CCNC(=O)C2)cs1)c1c(C)cc(C)cc1Cl. The molecule has 1 aromatic carbocycles. The Morgan fingerprint density at radius 1 is 1.42 bits per heavy atom. The molecule has 26 heavy (non-hydrogen) atoms. The number of anilines is 2. The Bertz CT molecular complexity index is 828. The Balaban J connectivity index is 1.87. The van der Waals surface area contributed by atoms with Gasteiger partial charge in [0.25, 0.3) is 0 Å². The molecular formula is C18H21ClN4O2S. The highest BCUT2D eigenvalue weighted by Gasteiger charge is 2.23. The van der Waals surface area contributed by atoms with Crippen LogP contribution in [0.15, 0.2) is 17.5 Å². The summed E-state index contributed by atoms with van der Waals surface area (Å²) in [6, 6.07) is 3.85. The van der Waals surface area contributed by atoms with E-state index in [1.807, 2.05) is 36.3 Å². The van der Waals surface area contributed by atoms with Crippen LogP contribution in [0, 0.1) is 13.8 Å². The van der Waals surface area contributed by atoms with Crippen molar-refractivity contribution >= 4 is 45.6 Å². The smallest absolute Gasteiger partial charge is 0.234 e. The van der Waals surface area contributed by atoms with E-state index in [4.69, 9.17) is 11.6 Å².